The highest BCUT2D eigenvalue weighted by molar-refractivity contribution is 5.95. The highest BCUT2D eigenvalue weighted by Crippen LogP contribution is 2.31. The van der Waals surface area contributed by atoms with E-state index in [4.69, 9.17) is 0 Å². The number of nitrogens with one attached hydrogen (secondary N) is 2. The lowest BCUT2D eigenvalue weighted by Crippen LogP contribution is -2.37. The number of carbonyl (C=O) groups is 1. The third-order valence-electron chi connectivity index (χ3n) is 4.09. The molecular weight excluding hydrogens is 250 g/mol. The van der Waals surface area contributed by atoms with Crippen LogP contribution in [0.3, 0.4) is 0 Å². The van der Waals surface area contributed by atoms with Crippen LogP contribution in [0.4, 0.5) is 5.69 Å². The minimum absolute atomic E-state index is 0.145. The standard InChI is InChI=1S/C16H25N3O/c1-4-16(8-9-17-12-16)15(20)18-14-7-5-6-13(10-14)11-19(2)3/h5-7,10,17H,4,8-9,11-12H2,1-3H3,(H,18,20). The molecule has 1 amide bonds. The van der Waals surface area contributed by atoms with Crippen molar-refractivity contribution in [3.05, 3.63) is 29.8 Å². The van der Waals surface area contributed by atoms with Crippen molar-refractivity contribution in [3.63, 3.8) is 0 Å². The molecule has 0 saturated carbocycles. The SMILES string of the molecule is CCC1(C(=O)Nc2cccc(CN(C)C)c2)CCNC1. The summed E-state index contributed by atoms with van der Waals surface area (Å²) >= 11 is 0. The van der Waals surface area contributed by atoms with Crippen LogP contribution in [0.2, 0.25) is 0 Å². The number of amides is 1. The molecular formula is C16H25N3O. The Kier molecular flexibility index (Phi) is 4.78. The third kappa shape index (κ3) is 3.38. The van der Waals surface area contributed by atoms with E-state index in [1.165, 1.54) is 5.56 Å². The predicted molar refractivity (Wildman–Crippen MR) is 82.7 cm³/mol. The summed E-state index contributed by atoms with van der Waals surface area (Å²) in [5, 5.41) is 6.39. The molecule has 0 spiro atoms. The van der Waals surface area contributed by atoms with Gasteiger partial charge in [-0.1, -0.05) is 19.1 Å². The van der Waals surface area contributed by atoms with Gasteiger partial charge in [0.1, 0.15) is 0 Å². The van der Waals surface area contributed by atoms with Crippen molar-refractivity contribution in [2.24, 2.45) is 5.41 Å². The molecule has 4 nitrogen and oxygen atoms in total. The van der Waals surface area contributed by atoms with Gasteiger partial charge in [0.2, 0.25) is 5.91 Å². The predicted octanol–water partition coefficient (Wildman–Crippen LogP) is 2.08. The average molecular weight is 275 g/mol. The first-order valence-electron chi connectivity index (χ1n) is 7.31. The second kappa shape index (κ2) is 6.37. The van der Waals surface area contributed by atoms with Crippen LogP contribution in [0.25, 0.3) is 0 Å². The molecule has 0 radical (unpaired) electrons. The van der Waals surface area contributed by atoms with Gasteiger partial charge < -0.3 is 15.5 Å². The molecule has 1 saturated heterocycles. The Morgan fingerprint density at radius 3 is 2.85 bits per heavy atom. The Hall–Kier alpha value is -1.39. The van der Waals surface area contributed by atoms with Crippen molar-refractivity contribution in [2.45, 2.75) is 26.3 Å². The Labute approximate surface area is 121 Å². The lowest BCUT2D eigenvalue weighted by Gasteiger charge is -2.25. The molecule has 0 aliphatic carbocycles. The van der Waals surface area contributed by atoms with E-state index in [0.717, 1.165) is 38.2 Å². The van der Waals surface area contributed by atoms with E-state index in [9.17, 15) is 4.79 Å². The second-order valence-electron chi connectivity index (χ2n) is 5.95. The first-order valence-corrected chi connectivity index (χ1v) is 7.31. The average Bonchev–Trinajstić information content (AvgIpc) is 2.88. The molecule has 1 fully saturated rings. The summed E-state index contributed by atoms with van der Waals surface area (Å²) in [5.41, 5.74) is 1.87. The third-order valence-corrected chi connectivity index (χ3v) is 4.09. The molecule has 1 aromatic carbocycles. The van der Waals surface area contributed by atoms with Gasteiger partial charge in [-0.25, -0.2) is 0 Å². The molecule has 0 aromatic heterocycles. The van der Waals surface area contributed by atoms with E-state index in [2.05, 4.69) is 34.6 Å². The van der Waals surface area contributed by atoms with Gasteiger partial charge in [0.15, 0.2) is 0 Å². The highest BCUT2D eigenvalue weighted by atomic mass is 16.2. The van der Waals surface area contributed by atoms with Crippen molar-refractivity contribution < 1.29 is 4.79 Å². The lowest BCUT2D eigenvalue weighted by molar-refractivity contribution is -0.124. The van der Waals surface area contributed by atoms with E-state index in [-0.39, 0.29) is 11.3 Å². The van der Waals surface area contributed by atoms with Crippen LogP contribution in [0.1, 0.15) is 25.3 Å². The fourth-order valence-corrected chi connectivity index (χ4v) is 2.78. The smallest absolute Gasteiger partial charge is 0.231 e. The van der Waals surface area contributed by atoms with Gasteiger partial charge >= 0.3 is 0 Å². The first kappa shape index (κ1) is 15.0. The Morgan fingerprint density at radius 1 is 1.45 bits per heavy atom. The van der Waals surface area contributed by atoms with Gasteiger partial charge in [-0.05, 0) is 51.2 Å². The number of anilines is 1. The number of hydrogen-bond acceptors (Lipinski definition) is 3. The van der Waals surface area contributed by atoms with E-state index in [0.29, 0.717) is 0 Å². The molecule has 1 unspecified atom stereocenters. The molecule has 0 bridgehead atoms. The maximum atomic E-state index is 12.5. The zero-order chi connectivity index (χ0) is 14.6. The first-order chi connectivity index (χ1) is 9.55. The summed E-state index contributed by atoms with van der Waals surface area (Å²) in [7, 11) is 4.09. The molecule has 1 atom stereocenters. The van der Waals surface area contributed by atoms with Crippen LogP contribution in [0.15, 0.2) is 24.3 Å². The summed E-state index contributed by atoms with van der Waals surface area (Å²) in [5.74, 6) is 0.145. The molecule has 2 N–H and O–H groups in total. The zero-order valence-electron chi connectivity index (χ0n) is 12.7. The Morgan fingerprint density at radius 2 is 2.25 bits per heavy atom. The topological polar surface area (TPSA) is 44.4 Å². The summed E-state index contributed by atoms with van der Waals surface area (Å²) in [6, 6.07) is 8.11. The Balaban J connectivity index is 2.07. The fourth-order valence-electron chi connectivity index (χ4n) is 2.78. The van der Waals surface area contributed by atoms with Crippen LogP contribution in [-0.4, -0.2) is 38.0 Å². The Bertz CT molecular complexity index is 465. The molecule has 1 aliphatic heterocycles. The maximum Gasteiger partial charge on any atom is 0.231 e. The maximum absolute atomic E-state index is 12.5. The minimum Gasteiger partial charge on any atom is -0.326 e. The molecule has 2 rings (SSSR count). The molecule has 1 aliphatic rings. The van der Waals surface area contributed by atoms with E-state index >= 15 is 0 Å². The summed E-state index contributed by atoms with van der Waals surface area (Å²) in [4.78, 5) is 14.7. The van der Waals surface area contributed by atoms with Gasteiger partial charge in [-0.2, -0.15) is 0 Å². The molecule has 20 heavy (non-hydrogen) atoms. The second-order valence-corrected chi connectivity index (χ2v) is 5.95. The quantitative estimate of drug-likeness (QED) is 0.864. The fraction of sp³-hybridized carbons (Fsp3) is 0.562. The monoisotopic (exact) mass is 275 g/mol. The van der Waals surface area contributed by atoms with Crippen molar-refractivity contribution in [2.75, 3.05) is 32.5 Å². The van der Waals surface area contributed by atoms with Gasteiger partial charge in [0, 0.05) is 18.8 Å². The number of carbonyl (C=O) groups excluding carboxylic acids is 1. The van der Waals surface area contributed by atoms with Crippen molar-refractivity contribution in [3.8, 4) is 0 Å². The summed E-state index contributed by atoms with van der Waals surface area (Å²) in [6.45, 7) is 4.69. The largest absolute Gasteiger partial charge is 0.326 e. The van der Waals surface area contributed by atoms with Crippen LogP contribution in [0, 0.1) is 5.41 Å². The number of hydrogen-bond donors (Lipinski definition) is 2. The van der Waals surface area contributed by atoms with Crippen LogP contribution < -0.4 is 10.6 Å². The lowest BCUT2D eigenvalue weighted by atomic mass is 9.83. The van der Waals surface area contributed by atoms with Crippen LogP contribution >= 0.6 is 0 Å². The molecule has 110 valence electrons. The van der Waals surface area contributed by atoms with Gasteiger partial charge in [0.05, 0.1) is 5.41 Å². The van der Waals surface area contributed by atoms with E-state index < -0.39 is 0 Å². The highest BCUT2D eigenvalue weighted by Gasteiger charge is 2.39. The number of benzene rings is 1. The van der Waals surface area contributed by atoms with Crippen molar-refractivity contribution in [1.82, 2.24) is 10.2 Å². The zero-order valence-corrected chi connectivity index (χ0v) is 12.7. The molecule has 4 heteroatoms. The van der Waals surface area contributed by atoms with Gasteiger partial charge in [-0.3, -0.25) is 4.79 Å². The van der Waals surface area contributed by atoms with Gasteiger partial charge in [-0.15, -0.1) is 0 Å². The van der Waals surface area contributed by atoms with Crippen LogP contribution in [0.5, 0.6) is 0 Å². The summed E-state index contributed by atoms with van der Waals surface area (Å²) in [6.07, 6.45) is 1.80. The minimum atomic E-state index is -0.239. The number of rotatable bonds is 5. The van der Waals surface area contributed by atoms with E-state index in [1.807, 2.05) is 26.2 Å². The number of nitrogens with zero attached hydrogens (tertiary/aromatic N) is 1. The van der Waals surface area contributed by atoms with Crippen molar-refractivity contribution >= 4 is 11.6 Å². The normalized spacial score (nSPS) is 22.2. The van der Waals surface area contributed by atoms with Crippen molar-refractivity contribution in [1.29, 1.82) is 0 Å². The van der Waals surface area contributed by atoms with Gasteiger partial charge in [0.25, 0.3) is 0 Å². The van der Waals surface area contributed by atoms with Crippen LogP contribution in [-0.2, 0) is 11.3 Å². The summed E-state index contributed by atoms with van der Waals surface area (Å²) < 4.78 is 0. The molecule has 1 heterocycles. The molecule has 1 aromatic rings. The van der Waals surface area contributed by atoms with E-state index in [1.54, 1.807) is 0 Å².